The second kappa shape index (κ2) is 10.2. The second-order valence-electron chi connectivity index (χ2n) is 11.8. The first-order valence-corrected chi connectivity index (χ1v) is 15.6. The van der Waals surface area contributed by atoms with Crippen LogP contribution in [0.25, 0.3) is 0 Å². The smallest absolute Gasteiger partial charge is 0.261 e. The molecule has 5 rings (SSSR count). The first kappa shape index (κ1) is 25.9. The molecule has 3 aliphatic heterocycles. The van der Waals surface area contributed by atoms with Gasteiger partial charge >= 0.3 is 0 Å². The minimum absolute atomic E-state index is 0.0249. The largest absolute Gasteiger partial charge is 0.404 e. The fourth-order valence-corrected chi connectivity index (χ4v) is 12.3. The van der Waals surface area contributed by atoms with Crippen molar-refractivity contribution in [3.05, 3.63) is 72.8 Å². The molecule has 1 unspecified atom stereocenters. The number of piperidine rings is 1. The molecule has 0 aliphatic carbocycles. The van der Waals surface area contributed by atoms with E-state index in [1.165, 1.54) is 10.4 Å². The highest BCUT2D eigenvalue weighted by Gasteiger charge is 2.66. The summed E-state index contributed by atoms with van der Waals surface area (Å²) in [6, 6.07) is 22.7. The van der Waals surface area contributed by atoms with Gasteiger partial charge in [0.25, 0.3) is 8.32 Å². The molecule has 0 amide bonds. The summed E-state index contributed by atoms with van der Waals surface area (Å²) in [6.07, 6.45) is 9.47. The first-order valence-electron chi connectivity index (χ1n) is 13.7. The van der Waals surface area contributed by atoms with Crippen LogP contribution < -0.4 is 10.4 Å². The Labute approximate surface area is 218 Å². The van der Waals surface area contributed by atoms with Gasteiger partial charge in [-0.3, -0.25) is 4.90 Å². The molecular weight excluding hydrogens is 462 g/mol. The van der Waals surface area contributed by atoms with Gasteiger partial charge < -0.3 is 13.9 Å². The van der Waals surface area contributed by atoms with Gasteiger partial charge in [-0.15, -0.1) is 0 Å². The quantitative estimate of drug-likeness (QED) is 0.269. The molecular formula is C31H43NO3Si. The number of benzene rings is 2. The second-order valence-corrected chi connectivity index (χ2v) is 16.0. The Morgan fingerprint density at radius 3 is 2.19 bits per heavy atom. The van der Waals surface area contributed by atoms with Crippen LogP contribution >= 0.6 is 0 Å². The number of hydrogen-bond acceptors (Lipinski definition) is 4. The summed E-state index contributed by atoms with van der Waals surface area (Å²) in [7, 11) is -0.906. The van der Waals surface area contributed by atoms with Crippen LogP contribution in [0.2, 0.25) is 5.04 Å². The first-order chi connectivity index (χ1) is 17.4. The highest BCUT2D eigenvalue weighted by atomic mass is 28.4. The summed E-state index contributed by atoms with van der Waals surface area (Å²) < 4.78 is 19.6. The fourth-order valence-electron chi connectivity index (χ4n) is 7.57. The maximum atomic E-state index is 7.78. The molecule has 0 spiro atoms. The maximum Gasteiger partial charge on any atom is 0.261 e. The van der Waals surface area contributed by atoms with Gasteiger partial charge in [-0.05, 0) is 47.6 Å². The molecule has 5 heteroatoms. The number of methoxy groups -OCH3 is 1. The highest BCUT2D eigenvalue weighted by molar-refractivity contribution is 6.99. The average molecular weight is 506 g/mol. The van der Waals surface area contributed by atoms with Crippen molar-refractivity contribution in [3.8, 4) is 0 Å². The Morgan fingerprint density at radius 2 is 1.64 bits per heavy atom. The molecule has 2 aromatic carbocycles. The average Bonchev–Trinajstić information content (AvgIpc) is 3.28. The lowest BCUT2D eigenvalue weighted by Gasteiger charge is -2.51. The third-order valence-electron chi connectivity index (χ3n) is 8.92. The van der Waals surface area contributed by atoms with Crippen LogP contribution in [-0.2, 0) is 13.9 Å². The van der Waals surface area contributed by atoms with Gasteiger partial charge in [0.15, 0.2) is 0 Å². The number of ether oxygens (including phenoxy) is 2. The zero-order valence-corrected chi connectivity index (χ0v) is 23.7. The summed E-state index contributed by atoms with van der Waals surface area (Å²) >= 11 is 0. The van der Waals surface area contributed by atoms with Gasteiger partial charge in [0.05, 0.1) is 17.7 Å². The lowest BCUT2D eigenvalue weighted by Crippen LogP contribution is -2.70. The van der Waals surface area contributed by atoms with E-state index in [9.17, 15) is 0 Å². The minimum Gasteiger partial charge on any atom is -0.404 e. The molecule has 194 valence electrons. The molecule has 3 aliphatic rings. The van der Waals surface area contributed by atoms with E-state index in [-0.39, 0.29) is 22.8 Å². The molecule has 0 N–H and O–H groups in total. The van der Waals surface area contributed by atoms with Crippen LogP contribution in [0.3, 0.4) is 0 Å². The molecule has 36 heavy (non-hydrogen) atoms. The summed E-state index contributed by atoms with van der Waals surface area (Å²) in [5.74, 6) is 0.405. The van der Waals surface area contributed by atoms with Gasteiger partial charge in [0.1, 0.15) is 6.79 Å². The van der Waals surface area contributed by atoms with Crippen LogP contribution in [0.4, 0.5) is 0 Å². The topological polar surface area (TPSA) is 30.9 Å². The lowest BCUT2D eigenvalue weighted by atomic mass is 9.76. The number of nitrogens with zero attached hydrogens (tertiary/aromatic N) is 1. The molecule has 3 heterocycles. The van der Waals surface area contributed by atoms with Gasteiger partial charge in [-0.25, -0.2) is 0 Å². The Morgan fingerprint density at radius 1 is 1.00 bits per heavy atom. The van der Waals surface area contributed by atoms with Gasteiger partial charge in [-0.1, -0.05) is 101 Å². The molecule has 6 atom stereocenters. The van der Waals surface area contributed by atoms with E-state index in [2.05, 4.69) is 105 Å². The molecule has 0 radical (unpaired) electrons. The van der Waals surface area contributed by atoms with Crippen molar-refractivity contribution in [2.75, 3.05) is 20.4 Å². The summed E-state index contributed by atoms with van der Waals surface area (Å²) in [5.41, 5.74) is -0.104. The van der Waals surface area contributed by atoms with Crippen molar-refractivity contribution in [2.24, 2.45) is 5.92 Å². The number of rotatable bonds is 9. The zero-order chi connectivity index (χ0) is 25.4. The van der Waals surface area contributed by atoms with E-state index < -0.39 is 8.32 Å². The predicted octanol–water partition coefficient (Wildman–Crippen LogP) is 5.12. The van der Waals surface area contributed by atoms with Crippen molar-refractivity contribution in [2.45, 2.75) is 82.2 Å². The molecule has 4 nitrogen and oxygen atoms in total. The van der Waals surface area contributed by atoms with Crippen molar-refractivity contribution in [1.29, 1.82) is 0 Å². The Kier molecular flexibility index (Phi) is 7.32. The van der Waals surface area contributed by atoms with Crippen molar-refractivity contribution in [3.63, 3.8) is 0 Å². The van der Waals surface area contributed by atoms with Gasteiger partial charge in [0, 0.05) is 19.1 Å². The van der Waals surface area contributed by atoms with Gasteiger partial charge in [-0.2, -0.15) is 0 Å². The van der Waals surface area contributed by atoms with Crippen LogP contribution in [-0.4, -0.2) is 57.5 Å². The third-order valence-corrected chi connectivity index (χ3v) is 14.0. The van der Waals surface area contributed by atoms with Crippen molar-refractivity contribution >= 4 is 18.7 Å². The van der Waals surface area contributed by atoms with E-state index in [1.807, 2.05) is 0 Å². The molecule has 3 saturated heterocycles. The van der Waals surface area contributed by atoms with E-state index in [0.29, 0.717) is 18.8 Å². The molecule has 4 bridgehead atoms. The SMILES string of the molecule is CC/C=C/[C@@]12[C@@H](OCOC)C[C@H]3C[C@H](O[Si](c4ccccc4)(c4ccccc4)C(C)(C)C)[C@@H]1CCN32. The number of hydrogen-bond donors (Lipinski definition) is 0. The Bertz CT molecular complexity index is 997. The minimum atomic E-state index is -2.63. The summed E-state index contributed by atoms with van der Waals surface area (Å²) in [5, 5.41) is 2.70. The third kappa shape index (κ3) is 4.04. The Hall–Kier alpha value is -1.76. The molecule has 0 saturated carbocycles. The van der Waals surface area contributed by atoms with Crippen LogP contribution in [0.5, 0.6) is 0 Å². The monoisotopic (exact) mass is 505 g/mol. The number of allylic oxidation sites excluding steroid dienone is 1. The lowest BCUT2D eigenvalue weighted by molar-refractivity contribution is -0.109. The predicted molar refractivity (Wildman–Crippen MR) is 149 cm³/mol. The van der Waals surface area contributed by atoms with Crippen molar-refractivity contribution < 1.29 is 13.9 Å². The summed E-state index contributed by atoms with van der Waals surface area (Å²) in [4.78, 5) is 2.75. The van der Waals surface area contributed by atoms with Crippen LogP contribution in [0.15, 0.2) is 72.8 Å². The molecule has 0 aromatic heterocycles. The zero-order valence-electron chi connectivity index (χ0n) is 22.7. The Balaban J connectivity index is 1.61. The van der Waals surface area contributed by atoms with E-state index in [4.69, 9.17) is 13.9 Å². The highest BCUT2D eigenvalue weighted by Crippen LogP contribution is 2.57. The maximum absolute atomic E-state index is 7.78. The molecule has 3 fully saturated rings. The van der Waals surface area contributed by atoms with E-state index in [1.54, 1.807) is 7.11 Å². The standard InChI is InChI=1S/C31H43NO3Si/c1-6-7-19-31-27-18-20-32(31)24(22-29(31)34-23-33-5)21-28(27)35-36(30(2,3)4,25-14-10-8-11-15-25)26-16-12-9-13-17-26/h7-17,19,24,27-29H,6,18,20-23H2,1-5H3/b19-7+/t24-,27+,28+,29+,31+/m1/s1. The van der Waals surface area contributed by atoms with Gasteiger partial charge in [0.2, 0.25) is 0 Å². The van der Waals surface area contributed by atoms with E-state index >= 15 is 0 Å². The summed E-state index contributed by atoms with van der Waals surface area (Å²) in [6.45, 7) is 10.8. The van der Waals surface area contributed by atoms with Crippen LogP contribution in [0, 0.1) is 5.92 Å². The van der Waals surface area contributed by atoms with E-state index in [0.717, 1.165) is 32.2 Å². The van der Waals surface area contributed by atoms with Crippen LogP contribution in [0.1, 0.15) is 53.4 Å². The molecule has 2 aromatic rings. The normalized spacial score (nSPS) is 31.9. The van der Waals surface area contributed by atoms with Crippen molar-refractivity contribution in [1.82, 2.24) is 4.90 Å². The fraction of sp³-hybridized carbons (Fsp3) is 0.548.